The minimum atomic E-state index is -1.20. The molecule has 7 nitrogen and oxygen atoms in total. The summed E-state index contributed by atoms with van der Waals surface area (Å²) < 4.78 is 5.32. The molecule has 0 spiro atoms. The molecule has 2 rings (SSSR count). The lowest BCUT2D eigenvalue weighted by Gasteiger charge is -2.28. The maximum atomic E-state index is 12.3. The Morgan fingerprint density at radius 3 is 2.30 bits per heavy atom. The second-order valence-electron chi connectivity index (χ2n) is 5.37. The number of carbonyl (C=O) groups excluding carboxylic acids is 1. The van der Waals surface area contributed by atoms with E-state index in [9.17, 15) is 9.59 Å². The lowest BCUT2D eigenvalue weighted by Crippen LogP contribution is -2.41. The van der Waals surface area contributed by atoms with Crippen molar-refractivity contribution in [2.24, 2.45) is 0 Å². The molecule has 0 atom stereocenters. The van der Waals surface area contributed by atoms with E-state index in [4.69, 9.17) is 9.84 Å². The van der Waals surface area contributed by atoms with Gasteiger partial charge in [-0.2, -0.15) is 0 Å². The van der Waals surface area contributed by atoms with Gasteiger partial charge in [0.25, 0.3) is 5.91 Å². The number of aromatic nitrogens is 2. The topological polar surface area (TPSA) is 101 Å². The summed E-state index contributed by atoms with van der Waals surface area (Å²) in [6.07, 6.45) is 2.18. The summed E-state index contributed by atoms with van der Waals surface area (Å²) in [5.41, 5.74) is -0.0777. The van der Waals surface area contributed by atoms with E-state index >= 15 is 0 Å². The Kier molecular flexibility index (Phi) is 4.59. The second-order valence-corrected chi connectivity index (χ2v) is 5.37. The number of amides is 1. The highest BCUT2D eigenvalue weighted by Gasteiger charge is 2.27. The number of hydrogen-bond acceptors (Lipinski definition) is 5. The predicted molar refractivity (Wildman–Crippen MR) is 82.5 cm³/mol. The average Bonchev–Trinajstić information content (AvgIpc) is 2.54. The largest absolute Gasteiger partial charge is 0.496 e. The number of hydrogen-bond donors (Lipinski definition) is 2. The molecule has 0 aliphatic carbocycles. The van der Waals surface area contributed by atoms with Gasteiger partial charge in [-0.25, -0.2) is 14.8 Å². The highest BCUT2D eigenvalue weighted by atomic mass is 16.5. The van der Waals surface area contributed by atoms with Crippen molar-refractivity contribution < 1.29 is 19.4 Å². The minimum absolute atomic E-state index is 0.0398. The van der Waals surface area contributed by atoms with Crippen LogP contribution in [0.15, 0.2) is 36.7 Å². The van der Waals surface area contributed by atoms with Gasteiger partial charge in [0.05, 0.1) is 25.0 Å². The van der Waals surface area contributed by atoms with Crippen molar-refractivity contribution in [3.8, 4) is 5.75 Å². The summed E-state index contributed by atoms with van der Waals surface area (Å²) in [6.45, 7) is 3.67. The van der Waals surface area contributed by atoms with Crippen molar-refractivity contribution in [3.63, 3.8) is 0 Å². The van der Waals surface area contributed by atoms with Gasteiger partial charge in [0.1, 0.15) is 11.4 Å². The number of benzene rings is 1. The van der Waals surface area contributed by atoms with Crippen LogP contribution < -0.4 is 10.1 Å². The third-order valence-corrected chi connectivity index (χ3v) is 3.31. The fraction of sp³-hybridized carbons (Fsp3) is 0.250. The number of ether oxygens (including phenoxy) is 1. The minimum Gasteiger partial charge on any atom is -0.496 e. The van der Waals surface area contributed by atoms with Crippen LogP contribution in [0.25, 0.3) is 0 Å². The van der Waals surface area contributed by atoms with Gasteiger partial charge in [0.15, 0.2) is 5.69 Å². The van der Waals surface area contributed by atoms with Crippen LogP contribution in [0.4, 0.5) is 0 Å². The number of nitrogens with one attached hydrogen (secondary N) is 1. The molecule has 0 unspecified atom stereocenters. The van der Waals surface area contributed by atoms with Gasteiger partial charge < -0.3 is 15.2 Å². The number of rotatable bonds is 5. The Bertz CT molecular complexity index is 726. The Labute approximate surface area is 133 Å². The molecule has 2 N–H and O–H groups in total. The van der Waals surface area contributed by atoms with Crippen molar-refractivity contribution in [2.75, 3.05) is 7.11 Å². The third kappa shape index (κ3) is 3.63. The fourth-order valence-corrected chi connectivity index (χ4v) is 2.13. The van der Waals surface area contributed by atoms with E-state index in [0.717, 1.165) is 18.0 Å². The van der Waals surface area contributed by atoms with Crippen LogP contribution in [0, 0.1) is 0 Å². The Hall–Kier alpha value is -2.96. The number of carbonyl (C=O) groups is 2. The van der Waals surface area contributed by atoms with Crippen LogP contribution in [0.3, 0.4) is 0 Å². The van der Waals surface area contributed by atoms with Gasteiger partial charge in [-0.15, -0.1) is 0 Å². The molecule has 1 amide bonds. The lowest BCUT2D eigenvalue weighted by molar-refractivity contribution is 0.0688. The fourth-order valence-electron chi connectivity index (χ4n) is 2.13. The Morgan fingerprint density at radius 1 is 1.13 bits per heavy atom. The maximum Gasteiger partial charge on any atom is 0.356 e. The molecule has 120 valence electrons. The van der Waals surface area contributed by atoms with Crippen LogP contribution in [-0.4, -0.2) is 34.1 Å². The van der Waals surface area contributed by atoms with Crippen LogP contribution >= 0.6 is 0 Å². The van der Waals surface area contributed by atoms with Crippen molar-refractivity contribution in [1.82, 2.24) is 15.3 Å². The van der Waals surface area contributed by atoms with E-state index in [0.29, 0.717) is 5.75 Å². The first-order valence-corrected chi connectivity index (χ1v) is 6.86. The molecule has 1 heterocycles. The Morgan fingerprint density at radius 2 is 1.74 bits per heavy atom. The molecular formula is C16H17N3O4. The van der Waals surface area contributed by atoms with E-state index in [1.54, 1.807) is 7.11 Å². The first-order valence-electron chi connectivity index (χ1n) is 6.86. The third-order valence-electron chi connectivity index (χ3n) is 3.31. The zero-order chi connectivity index (χ0) is 17.0. The van der Waals surface area contributed by atoms with E-state index in [-0.39, 0.29) is 11.4 Å². The van der Waals surface area contributed by atoms with Crippen LogP contribution in [-0.2, 0) is 5.54 Å². The van der Waals surface area contributed by atoms with E-state index in [1.807, 2.05) is 38.1 Å². The van der Waals surface area contributed by atoms with Crippen LogP contribution in [0.2, 0.25) is 0 Å². The molecule has 2 aromatic rings. The summed E-state index contributed by atoms with van der Waals surface area (Å²) in [6, 6.07) is 7.37. The van der Waals surface area contributed by atoms with Gasteiger partial charge in [-0.3, -0.25) is 4.79 Å². The number of carboxylic acids is 1. The molecule has 0 bridgehead atoms. The zero-order valence-corrected chi connectivity index (χ0v) is 13.0. The van der Waals surface area contributed by atoms with Crippen molar-refractivity contribution in [1.29, 1.82) is 0 Å². The molecule has 0 fully saturated rings. The van der Waals surface area contributed by atoms with Crippen molar-refractivity contribution >= 4 is 11.9 Å². The summed E-state index contributed by atoms with van der Waals surface area (Å²) >= 11 is 0. The molecule has 0 saturated heterocycles. The summed E-state index contributed by atoms with van der Waals surface area (Å²) in [7, 11) is 1.56. The number of carboxylic acid groups (broad SMARTS) is 1. The molecule has 23 heavy (non-hydrogen) atoms. The second kappa shape index (κ2) is 6.43. The first kappa shape index (κ1) is 16.4. The number of methoxy groups -OCH3 is 1. The van der Waals surface area contributed by atoms with Gasteiger partial charge in [-0.05, 0) is 19.9 Å². The van der Waals surface area contributed by atoms with Crippen LogP contribution in [0.1, 0.15) is 40.4 Å². The van der Waals surface area contributed by atoms with Crippen LogP contribution in [0.5, 0.6) is 5.75 Å². The summed E-state index contributed by atoms with van der Waals surface area (Å²) in [5.74, 6) is -0.991. The predicted octanol–water partition coefficient (Wildman–Crippen LogP) is 1.85. The molecule has 0 radical (unpaired) electrons. The van der Waals surface area contributed by atoms with Gasteiger partial charge >= 0.3 is 5.97 Å². The number of aromatic carboxylic acids is 1. The molecule has 0 aliphatic heterocycles. The smallest absolute Gasteiger partial charge is 0.356 e. The summed E-state index contributed by atoms with van der Waals surface area (Å²) in [4.78, 5) is 30.6. The van der Waals surface area contributed by atoms with Gasteiger partial charge in [0.2, 0.25) is 0 Å². The maximum absolute atomic E-state index is 12.3. The zero-order valence-electron chi connectivity index (χ0n) is 13.0. The molecular weight excluding hydrogens is 298 g/mol. The van der Waals surface area contributed by atoms with E-state index < -0.39 is 17.4 Å². The summed E-state index contributed by atoms with van der Waals surface area (Å²) in [5, 5.41) is 11.6. The standard InChI is InChI=1S/C16H17N3O4/c1-16(2,10-6-4-5-7-13(10)23-3)19-14(20)11-8-18-12(9-17-11)15(21)22/h4-9H,1-3H3,(H,19,20)(H,21,22). The highest BCUT2D eigenvalue weighted by Crippen LogP contribution is 2.29. The van der Waals surface area contributed by atoms with Crippen molar-refractivity contribution in [2.45, 2.75) is 19.4 Å². The molecule has 1 aromatic carbocycles. The quantitative estimate of drug-likeness (QED) is 0.873. The lowest BCUT2D eigenvalue weighted by atomic mass is 9.93. The molecule has 1 aromatic heterocycles. The number of nitrogens with zero attached hydrogens (tertiary/aromatic N) is 2. The first-order chi connectivity index (χ1) is 10.8. The monoisotopic (exact) mass is 315 g/mol. The molecule has 0 aliphatic rings. The normalized spacial score (nSPS) is 10.9. The van der Waals surface area contributed by atoms with Gasteiger partial charge in [0, 0.05) is 5.56 Å². The number of para-hydroxylation sites is 1. The van der Waals surface area contributed by atoms with E-state index in [1.165, 1.54) is 0 Å². The molecule has 0 saturated carbocycles. The highest BCUT2D eigenvalue weighted by molar-refractivity contribution is 5.93. The average molecular weight is 315 g/mol. The van der Waals surface area contributed by atoms with Crippen molar-refractivity contribution in [3.05, 3.63) is 53.6 Å². The van der Waals surface area contributed by atoms with Gasteiger partial charge in [-0.1, -0.05) is 18.2 Å². The van der Waals surface area contributed by atoms with E-state index in [2.05, 4.69) is 15.3 Å². The Balaban J connectivity index is 2.22. The molecule has 7 heteroatoms. The SMILES string of the molecule is COc1ccccc1C(C)(C)NC(=O)c1cnc(C(=O)O)cn1.